The highest BCUT2D eigenvalue weighted by Crippen LogP contribution is 2.35. The van der Waals surface area contributed by atoms with Gasteiger partial charge in [-0.15, -0.1) is 0 Å². The van der Waals surface area contributed by atoms with Crippen molar-refractivity contribution in [2.75, 3.05) is 0 Å². The van der Waals surface area contributed by atoms with Crippen LogP contribution in [0.2, 0.25) is 0 Å². The lowest BCUT2D eigenvalue weighted by atomic mass is 10.0. The minimum absolute atomic E-state index is 0.910. The Morgan fingerprint density at radius 3 is 2.40 bits per heavy atom. The SMILES string of the molecule is Brc1cccc2c1oc1cc(-c3ccccc3)ccc12. The van der Waals surface area contributed by atoms with Crippen LogP contribution in [0.4, 0.5) is 0 Å². The van der Waals surface area contributed by atoms with E-state index in [1.807, 2.05) is 18.2 Å². The smallest absolute Gasteiger partial charge is 0.149 e. The topological polar surface area (TPSA) is 13.1 Å². The highest BCUT2D eigenvalue weighted by atomic mass is 79.9. The van der Waals surface area contributed by atoms with Crippen LogP contribution in [0.15, 0.2) is 75.6 Å². The second-order valence-electron chi connectivity index (χ2n) is 4.80. The van der Waals surface area contributed by atoms with Crippen molar-refractivity contribution < 1.29 is 4.42 Å². The average molecular weight is 323 g/mol. The first-order chi connectivity index (χ1) is 9.83. The number of benzene rings is 3. The molecule has 0 fully saturated rings. The number of hydrogen-bond donors (Lipinski definition) is 0. The Kier molecular flexibility index (Phi) is 2.64. The van der Waals surface area contributed by atoms with Crippen molar-refractivity contribution in [2.45, 2.75) is 0 Å². The highest BCUT2D eigenvalue weighted by molar-refractivity contribution is 9.10. The first-order valence-electron chi connectivity index (χ1n) is 6.49. The second-order valence-corrected chi connectivity index (χ2v) is 5.65. The van der Waals surface area contributed by atoms with Gasteiger partial charge < -0.3 is 4.42 Å². The first-order valence-corrected chi connectivity index (χ1v) is 7.28. The van der Waals surface area contributed by atoms with E-state index < -0.39 is 0 Å². The fourth-order valence-corrected chi connectivity index (χ4v) is 3.02. The highest BCUT2D eigenvalue weighted by Gasteiger charge is 2.10. The van der Waals surface area contributed by atoms with E-state index in [0.29, 0.717) is 0 Å². The van der Waals surface area contributed by atoms with Crippen LogP contribution >= 0.6 is 15.9 Å². The molecular formula is C18H11BrO. The van der Waals surface area contributed by atoms with Crippen molar-refractivity contribution >= 4 is 37.9 Å². The van der Waals surface area contributed by atoms with Crippen molar-refractivity contribution in [2.24, 2.45) is 0 Å². The van der Waals surface area contributed by atoms with Crippen molar-refractivity contribution in [3.63, 3.8) is 0 Å². The summed E-state index contributed by atoms with van der Waals surface area (Å²) in [6.45, 7) is 0. The zero-order chi connectivity index (χ0) is 13.5. The molecule has 0 aliphatic rings. The van der Waals surface area contributed by atoms with Crippen molar-refractivity contribution in [1.29, 1.82) is 0 Å². The lowest BCUT2D eigenvalue weighted by Crippen LogP contribution is -1.76. The predicted octanol–water partition coefficient (Wildman–Crippen LogP) is 6.02. The molecule has 0 bridgehead atoms. The van der Waals surface area contributed by atoms with Gasteiger partial charge in [-0.1, -0.05) is 48.5 Å². The summed E-state index contributed by atoms with van der Waals surface area (Å²) in [6, 6.07) is 22.9. The third kappa shape index (κ3) is 1.76. The molecule has 96 valence electrons. The molecule has 0 saturated heterocycles. The Labute approximate surface area is 125 Å². The molecule has 0 saturated carbocycles. The van der Waals surface area contributed by atoms with E-state index in [4.69, 9.17) is 4.42 Å². The number of rotatable bonds is 1. The summed E-state index contributed by atoms with van der Waals surface area (Å²) in [4.78, 5) is 0. The molecule has 0 radical (unpaired) electrons. The Balaban J connectivity index is 2.01. The van der Waals surface area contributed by atoms with Gasteiger partial charge in [0.05, 0.1) is 4.47 Å². The normalized spacial score (nSPS) is 11.2. The summed E-state index contributed by atoms with van der Waals surface area (Å²) >= 11 is 3.54. The molecule has 0 N–H and O–H groups in total. The zero-order valence-electron chi connectivity index (χ0n) is 10.6. The summed E-state index contributed by atoms with van der Waals surface area (Å²) in [6.07, 6.45) is 0. The lowest BCUT2D eigenvalue weighted by Gasteiger charge is -2.00. The minimum Gasteiger partial charge on any atom is -0.455 e. The molecular weight excluding hydrogens is 312 g/mol. The predicted molar refractivity (Wildman–Crippen MR) is 86.9 cm³/mol. The van der Waals surface area contributed by atoms with Gasteiger partial charge in [0.15, 0.2) is 0 Å². The molecule has 1 heterocycles. The van der Waals surface area contributed by atoms with Gasteiger partial charge in [0, 0.05) is 10.8 Å². The molecule has 1 nitrogen and oxygen atoms in total. The minimum atomic E-state index is 0.910. The monoisotopic (exact) mass is 322 g/mol. The summed E-state index contributed by atoms with van der Waals surface area (Å²) in [5, 5.41) is 2.30. The Bertz CT molecular complexity index is 907. The summed E-state index contributed by atoms with van der Waals surface area (Å²) in [5.41, 5.74) is 4.21. The van der Waals surface area contributed by atoms with Crippen molar-refractivity contribution in [3.05, 3.63) is 71.2 Å². The third-order valence-electron chi connectivity index (χ3n) is 3.56. The van der Waals surface area contributed by atoms with E-state index in [0.717, 1.165) is 26.4 Å². The molecule has 4 rings (SSSR count). The van der Waals surface area contributed by atoms with Gasteiger partial charge in [-0.25, -0.2) is 0 Å². The van der Waals surface area contributed by atoms with Gasteiger partial charge in [0.25, 0.3) is 0 Å². The summed E-state index contributed by atoms with van der Waals surface area (Å²) in [5.74, 6) is 0. The van der Waals surface area contributed by atoms with Gasteiger partial charge in [-0.3, -0.25) is 0 Å². The maximum atomic E-state index is 6.00. The molecule has 0 atom stereocenters. The molecule has 0 unspecified atom stereocenters. The molecule has 0 spiro atoms. The molecule has 0 amide bonds. The van der Waals surface area contributed by atoms with Crippen LogP contribution in [-0.4, -0.2) is 0 Å². The standard InChI is InChI=1S/C18H11BrO/c19-16-8-4-7-15-14-10-9-13(11-17(14)20-18(15)16)12-5-2-1-3-6-12/h1-11H. The van der Waals surface area contributed by atoms with Gasteiger partial charge in [0.1, 0.15) is 11.2 Å². The Morgan fingerprint density at radius 1 is 0.700 bits per heavy atom. The lowest BCUT2D eigenvalue weighted by molar-refractivity contribution is 0.667. The summed E-state index contributed by atoms with van der Waals surface area (Å²) < 4.78 is 6.99. The van der Waals surface area contributed by atoms with Crippen LogP contribution < -0.4 is 0 Å². The summed E-state index contributed by atoms with van der Waals surface area (Å²) in [7, 11) is 0. The first kappa shape index (κ1) is 11.7. The number of halogens is 1. The van der Waals surface area contributed by atoms with E-state index in [-0.39, 0.29) is 0 Å². The molecule has 2 heteroatoms. The number of fused-ring (bicyclic) bond motifs is 3. The van der Waals surface area contributed by atoms with Gasteiger partial charge in [-0.05, 0) is 45.3 Å². The fourth-order valence-electron chi connectivity index (χ4n) is 2.57. The van der Waals surface area contributed by atoms with Crippen LogP contribution in [0, 0.1) is 0 Å². The molecule has 0 aliphatic carbocycles. The van der Waals surface area contributed by atoms with Gasteiger partial charge in [0.2, 0.25) is 0 Å². The van der Waals surface area contributed by atoms with Crippen LogP contribution in [0.1, 0.15) is 0 Å². The molecule has 1 aromatic heterocycles. The van der Waals surface area contributed by atoms with Crippen LogP contribution in [-0.2, 0) is 0 Å². The molecule has 4 aromatic rings. The van der Waals surface area contributed by atoms with Crippen molar-refractivity contribution in [3.8, 4) is 11.1 Å². The van der Waals surface area contributed by atoms with E-state index in [1.54, 1.807) is 0 Å². The number of para-hydroxylation sites is 1. The Hall–Kier alpha value is -2.06. The zero-order valence-corrected chi connectivity index (χ0v) is 12.2. The van der Waals surface area contributed by atoms with Crippen LogP contribution in [0.5, 0.6) is 0 Å². The fraction of sp³-hybridized carbons (Fsp3) is 0. The largest absolute Gasteiger partial charge is 0.455 e. The van der Waals surface area contributed by atoms with Crippen LogP contribution in [0.3, 0.4) is 0 Å². The number of furan rings is 1. The van der Waals surface area contributed by atoms with Gasteiger partial charge in [-0.2, -0.15) is 0 Å². The maximum absolute atomic E-state index is 6.00. The maximum Gasteiger partial charge on any atom is 0.149 e. The third-order valence-corrected chi connectivity index (χ3v) is 4.18. The molecule has 0 aliphatic heterocycles. The van der Waals surface area contributed by atoms with E-state index in [2.05, 4.69) is 64.5 Å². The van der Waals surface area contributed by atoms with E-state index >= 15 is 0 Å². The van der Waals surface area contributed by atoms with Gasteiger partial charge >= 0.3 is 0 Å². The Morgan fingerprint density at radius 2 is 1.55 bits per heavy atom. The van der Waals surface area contributed by atoms with Crippen LogP contribution in [0.25, 0.3) is 33.1 Å². The average Bonchev–Trinajstić information content (AvgIpc) is 2.87. The van der Waals surface area contributed by atoms with E-state index in [1.165, 1.54) is 11.1 Å². The molecule has 3 aromatic carbocycles. The molecule has 20 heavy (non-hydrogen) atoms. The quantitative estimate of drug-likeness (QED) is 0.418. The van der Waals surface area contributed by atoms with E-state index in [9.17, 15) is 0 Å². The van der Waals surface area contributed by atoms with Crippen molar-refractivity contribution in [1.82, 2.24) is 0 Å². The second kappa shape index (κ2) is 4.50. The number of hydrogen-bond acceptors (Lipinski definition) is 1.